The lowest BCUT2D eigenvalue weighted by molar-refractivity contribution is -0.140. The van der Waals surface area contributed by atoms with Gasteiger partial charge in [-0.25, -0.2) is 4.39 Å². The number of ether oxygens (including phenoxy) is 1. The van der Waals surface area contributed by atoms with Crippen molar-refractivity contribution in [1.29, 1.82) is 0 Å². The summed E-state index contributed by atoms with van der Waals surface area (Å²) in [5, 5.41) is 6.18. The Morgan fingerprint density at radius 2 is 1.77 bits per heavy atom. The van der Waals surface area contributed by atoms with E-state index in [0.29, 0.717) is 41.2 Å². The van der Waals surface area contributed by atoms with E-state index in [2.05, 4.69) is 27.5 Å². The molecule has 2 aliphatic heterocycles. The topological polar surface area (TPSA) is 94.2 Å². The van der Waals surface area contributed by atoms with Crippen molar-refractivity contribution in [2.24, 2.45) is 0 Å². The van der Waals surface area contributed by atoms with Crippen LogP contribution < -0.4 is 15.5 Å². The van der Waals surface area contributed by atoms with E-state index in [0.717, 1.165) is 43.0 Å². The van der Waals surface area contributed by atoms with Crippen LogP contribution in [0.2, 0.25) is 0 Å². The van der Waals surface area contributed by atoms with Crippen molar-refractivity contribution >= 4 is 46.1 Å². The minimum atomic E-state index is -0.443. The standard InChI is InChI=1S/C33H36FN5O4/c1-37-15-17-39(18-16-37)21-29(40)38(2)26-11-9-25(10-12-26)35-32(23-6-4-5-22(19-23)7-14-30(41)43-3)31-27-13-8-24(34)20-28(27)36-33(31)42/h4-6,8-13,19-20,35H,7,14-18,21H2,1-3H3,(H,36,42). The first-order valence-corrected chi connectivity index (χ1v) is 14.3. The first kappa shape index (κ1) is 29.9. The van der Waals surface area contributed by atoms with Crippen molar-refractivity contribution in [3.63, 3.8) is 0 Å². The van der Waals surface area contributed by atoms with E-state index in [1.807, 2.05) is 48.5 Å². The second kappa shape index (κ2) is 13.2. The molecule has 0 atom stereocenters. The highest BCUT2D eigenvalue weighted by Gasteiger charge is 2.29. The largest absolute Gasteiger partial charge is 0.469 e. The number of carbonyl (C=O) groups excluding carboxylic acids is 3. The molecule has 0 saturated carbocycles. The highest BCUT2D eigenvalue weighted by molar-refractivity contribution is 6.37. The lowest BCUT2D eigenvalue weighted by atomic mass is 9.97. The second-order valence-corrected chi connectivity index (χ2v) is 10.9. The molecule has 224 valence electrons. The van der Waals surface area contributed by atoms with E-state index < -0.39 is 5.82 Å². The summed E-state index contributed by atoms with van der Waals surface area (Å²) in [5.74, 6) is -1.08. The summed E-state index contributed by atoms with van der Waals surface area (Å²) < 4.78 is 18.8. The molecule has 3 aromatic rings. The van der Waals surface area contributed by atoms with Crippen LogP contribution in [-0.4, -0.2) is 81.5 Å². The van der Waals surface area contributed by atoms with Crippen LogP contribution in [-0.2, 0) is 25.5 Å². The molecular formula is C33H36FN5O4. The number of halogens is 1. The zero-order valence-electron chi connectivity index (χ0n) is 24.7. The predicted molar refractivity (Wildman–Crippen MR) is 166 cm³/mol. The van der Waals surface area contributed by atoms with Gasteiger partial charge in [-0.1, -0.05) is 18.2 Å². The SMILES string of the molecule is COC(=O)CCc1cccc(C(Nc2ccc(N(C)C(=O)CN3CCN(C)CC3)cc2)=C2C(=O)Nc3cc(F)ccc32)c1. The molecule has 0 radical (unpaired) electrons. The van der Waals surface area contributed by atoms with Crippen LogP contribution in [0.5, 0.6) is 0 Å². The number of hydrogen-bond donors (Lipinski definition) is 2. The summed E-state index contributed by atoms with van der Waals surface area (Å²) in [4.78, 5) is 44.0. The number of anilines is 3. The van der Waals surface area contributed by atoms with Gasteiger partial charge >= 0.3 is 5.97 Å². The van der Waals surface area contributed by atoms with Crippen LogP contribution >= 0.6 is 0 Å². The van der Waals surface area contributed by atoms with Gasteiger partial charge in [0.05, 0.1) is 30.6 Å². The molecule has 3 aromatic carbocycles. The maximum absolute atomic E-state index is 14.0. The third kappa shape index (κ3) is 7.10. The molecule has 0 aliphatic carbocycles. The number of carbonyl (C=O) groups is 3. The van der Waals surface area contributed by atoms with Crippen molar-refractivity contribution in [2.45, 2.75) is 12.8 Å². The number of benzene rings is 3. The van der Waals surface area contributed by atoms with Gasteiger partial charge in [-0.3, -0.25) is 19.3 Å². The number of esters is 1. The molecule has 9 nitrogen and oxygen atoms in total. The summed E-state index contributed by atoms with van der Waals surface area (Å²) in [7, 11) is 5.21. The maximum atomic E-state index is 14.0. The Labute approximate surface area is 250 Å². The molecule has 43 heavy (non-hydrogen) atoms. The fourth-order valence-corrected chi connectivity index (χ4v) is 5.26. The molecule has 1 saturated heterocycles. The Bertz CT molecular complexity index is 1550. The molecule has 2 amide bonds. The number of likely N-dealkylation sites (N-methyl/N-ethyl adjacent to an activating group) is 2. The average molecular weight is 586 g/mol. The minimum absolute atomic E-state index is 0.0169. The monoisotopic (exact) mass is 585 g/mol. The lowest BCUT2D eigenvalue weighted by Gasteiger charge is -2.32. The Balaban J connectivity index is 1.42. The van der Waals surface area contributed by atoms with Gasteiger partial charge in [-0.2, -0.15) is 0 Å². The van der Waals surface area contributed by atoms with Crippen LogP contribution in [0.15, 0.2) is 66.7 Å². The normalized spacial score (nSPS) is 16.3. The van der Waals surface area contributed by atoms with E-state index in [1.165, 1.54) is 19.2 Å². The summed E-state index contributed by atoms with van der Waals surface area (Å²) in [6, 6.07) is 19.2. The highest BCUT2D eigenvalue weighted by atomic mass is 19.1. The van der Waals surface area contributed by atoms with Crippen LogP contribution in [0.3, 0.4) is 0 Å². The molecule has 1 fully saturated rings. The molecule has 2 aliphatic rings. The second-order valence-electron chi connectivity index (χ2n) is 10.9. The van der Waals surface area contributed by atoms with E-state index in [1.54, 1.807) is 18.0 Å². The zero-order valence-corrected chi connectivity index (χ0v) is 24.7. The van der Waals surface area contributed by atoms with Gasteiger partial charge < -0.3 is 25.2 Å². The summed E-state index contributed by atoms with van der Waals surface area (Å²) in [5.41, 5.74) is 4.98. The Hall–Kier alpha value is -4.54. The van der Waals surface area contributed by atoms with E-state index in [9.17, 15) is 18.8 Å². The van der Waals surface area contributed by atoms with Crippen LogP contribution in [0, 0.1) is 5.82 Å². The number of rotatable bonds is 9. The number of amides is 2. The van der Waals surface area contributed by atoms with E-state index >= 15 is 0 Å². The van der Waals surface area contributed by atoms with Gasteiger partial charge in [-0.15, -0.1) is 0 Å². The van der Waals surface area contributed by atoms with E-state index in [4.69, 9.17) is 4.74 Å². The smallest absolute Gasteiger partial charge is 0.305 e. The number of nitrogens with one attached hydrogen (secondary N) is 2. The number of piperazine rings is 1. The maximum Gasteiger partial charge on any atom is 0.305 e. The Morgan fingerprint density at radius 3 is 2.49 bits per heavy atom. The first-order chi connectivity index (χ1) is 20.7. The number of hydrogen-bond acceptors (Lipinski definition) is 7. The predicted octanol–water partition coefficient (Wildman–Crippen LogP) is 4.07. The molecular weight excluding hydrogens is 549 g/mol. The molecule has 0 bridgehead atoms. The lowest BCUT2D eigenvalue weighted by Crippen LogP contribution is -2.48. The first-order valence-electron chi connectivity index (χ1n) is 14.3. The molecule has 10 heteroatoms. The van der Waals surface area contributed by atoms with Gasteiger partial charge in [0.15, 0.2) is 0 Å². The number of aryl methyl sites for hydroxylation is 1. The van der Waals surface area contributed by atoms with Crippen molar-refractivity contribution in [3.8, 4) is 0 Å². The molecule has 2 heterocycles. The van der Waals surface area contributed by atoms with E-state index in [-0.39, 0.29) is 24.2 Å². The van der Waals surface area contributed by atoms with Gasteiger partial charge in [0.25, 0.3) is 5.91 Å². The van der Waals surface area contributed by atoms with Gasteiger partial charge in [-0.05, 0) is 73.1 Å². The zero-order chi connectivity index (χ0) is 30.5. The molecule has 5 rings (SSSR count). The van der Waals surface area contributed by atoms with Crippen molar-refractivity contribution in [1.82, 2.24) is 9.80 Å². The quantitative estimate of drug-likeness (QED) is 0.289. The van der Waals surface area contributed by atoms with Gasteiger partial charge in [0.2, 0.25) is 5.91 Å². The minimum Gasteiger partial charge on any atom is -0.469 e. The third-order valence-electron chi connectivity index (χ3n) is 7.89. The third-order valence-corrected chi connectivity index (χ3v) is 7.89. The molecule has 2 N–H and O–H groups in total. The highest BCUT2D eigenvalue weighted by Crippen LogP contribution is 2.38. The summed E-state index contributed by atoms with van der Waals surface area (Å²) in [6.45, 7) is 3.98. The summed E-state index contributed by atoms with van der Waals surface area (Å²) >= 11 is 0. The number of nitrogens with zero attached hydrogens (tertiary/aromatic N) is 3. The molecule has 0 aromatic heterocycles. The van der Waals surface area contributed by atoms with Crippen molar-refractivity contribution in [3.05, 3.63) is 89.2 Å². The fourth-order valence-electron chi connectivity index (χ4n) is 5.26. The van der Waals surface area contributed by atoms with Crippen LogP contribution in [0.25, 0.3) is 11.3 Å². The average Bonchev–Trinajstić information content (AvgIpc) is 3.34. The van der Waals surface area contributed by atoms with Gasteiger partial charge in [0.1, 0.15) is 5.82 Å². The van der Waals surface area contributed by atoms with Gasteiger partial charge in [0, 0.05) is 56.6 Å². The Kier molecular flexibility index (Phi) is 9.18. The fraction of sp³-hybridized carbons (Fsp3) is 0.303. The molecule has 0 spiro atoms. The summed E-state index contributed by atoms with van der Waals surface area (Å²) in [6.07, 6.45) is 0.699. The number of methoxy groups -OCH3 is 1. The number of fused-ring (bicyclic) bond motifs is 1. The Morgan fingerprint density at radius 1 is 1.02 bits per heavy atom. The van der Waals surface area contributed by atoms with Crippen LogP contribution in [0.1, 0.15) is 23.1 Å². The van der Waals surface area contributed by atoms with Crippen molar-refractivity contribution < 1.29 is 23.5 Å². The molecule has 0 unspecified atom stereocenters. The van der Waals surface area contributed by atoms with Crippen molar-refractivity contribution in [2.75, 3.05) is 69.5 Å². The van der Waals surface area contributed by atoms with Crippen LogP contribution in [0.4, 0.5) is 21.5 Å².